The van der Waals surface area contributed by atoms with Gasteiger partial charge in [0.2, 0.25) is 0 Å². The molecule has 1 unspecified atom stereocenters. The van der Waals surface area contributed by atoms with Crippen LogP contribution in [-0.2, 0) is 4.74 Å². The van der Waals surface area contributed by atoms with E-state index in [2.05, 4.69) is 30.4 Å². The van der Waals surface area contributed by atoms with Gasteiger partial charge in [-0.1, -0.05) is 36.4 Å². The van der Waals surface area contributed by atoms with Crippen molar-refractivity contribution >= 4 is 17.2 Å². The molecule has 1 aromatic heterocycles. The second-order valence-electron chi connectivity index (χ2n) is 8.27. The lowest BCUT2D eigenvalue weighted by Gasteiger charge is -2.39. The van der Waals surface area contributed by atoms with Gasteiger partial charge in [0.25, 0.3) is 5.91 Å². The van der Waals surface area contributed by atoms with Crippen molar-refractivity contribution < 1.29 is 9.53 Å². The molecule has 2 N–H and O–H groups in total. The summed E-state index contributed by atoms with van der Waals surface area (Å²) >= 11 is 1.58. The summed E-state index contributed by atoms with van der Waals surface area (Å²) in [5, 5.41) is 0. The van der Waals surface area contributed by atoms with Gasteiger partial charge in [-0.3, -0.25) is 4.79 Å². The Balaban J connectivity index is 1.29. The number of likely N-dealkylation sites (tertiary alicyclic amines) is 1. The van der Waals surface area contributed by atoms with Crippen LogP contribution in [0, 0.1) is 11.3 Å². The normalized spacial score (nSPS) is 22.7. The number of benzene rings is 1. The Hall–Kier alpha value is -2.37. The Morgan fingerprint density at radius 2 is 1.97 bits per heavy atom. The van der Waals surface area contributed by atoms with Crippen molar-refractivity contribution in [2.45, 2.75) is 19.3 Å². The molecule has 1 amide bonds. The van der Waals surface area contributed by atoms with Gasteiger partial charge in [-0.15, -0.1) is 11.3 Å². The van der Waals surface area contributed by atoms with Crippen LogP contribution in [0.2, 0.25) is 0 Å². The molecule has 0 radical (unpaired) electrons. The number of piperidine rings is 1. The number of thiophene rings is 1. The van der Waals surface area contributed by atoms with Gasteiger partial charge in [-0.05, 0) is 61.1 Å². The second-order valence-corrected chi connectivity index (χ2v) is 9.36. The van der Waals surface area contributed by atoms with E-state index in [-0.39, 0.29) is 11.3 Å². The van der Waals surface area contributed by atoms with Crippen LogP contribution in [-0.4, -0.2) is 37.0 Å². The van der Waals surface area contributed by atoms with Gasteiger partial charge < -0.3 is 15.4 Å². The molecule has 1 aliphatic carbocycles. The largest absolute Gasteiger partial charge is 0.493 e. The lowest BCUT2D eigenvalue weighted by atomic mass is 9.71. The van der Waals surface area contributed by atoms with Crippen LogP contribution in [0.25, 0.3) is 10.4 Å². The molecule has 150 valence electrons. The second kappa shape index (κ2) is 7.47. The van der Waals surface area contributed by atoms with Gasteiger partial charge in [-0.25, -0.2) is 0 Å². The third kappa shape index (κ3) is 3.32. The molecule has 0 saturated carbocycles. The number of amides is 1. The van der Waals surface area contributed by atoms with Crippen molar-refractivity contribution in [1.82, 2.24) is 4.90 Å². The van der Waals surface area contributed by atoms with E-state index in [1.807, 2.05) is 29.2 Å². The van der Waals surface area contributed by atoms with Crippen molar-refractivity contribution in [2.75, 3.05) is 26.2 Å². The van der Waals surface area contributed by atoms with Gasteiger partial charge in [0.05, 0.1) is 11.5 Å². The maximum Gasteiger partial charge on any atom is 0.263 e. The molecule has 1 spiro atoms. The molecule has 2 aromatic rings. The number of ether oxygens (including phenoxy) is 1. The summed E-state index contributed by atoms with van der Waals surface area (Å²) in [6.45, 7) is 2.97. The minimum Gasteiger partial charge on any atom is -0.493 e. The molecule has 0 bridgehead atoms. The monoisotopic (exact) mass is 406 g/mol. The lowest BCUT2D eigenvalue weighted by Crippen LogP contribution is -2.44. The number of nitrogens with zero attached hydrogens (tertiary/aromatic N) is 1. The maximum absolute atomic E-state index is 13.1. The number of allylic oxidation sites excluding steroid dienone is 2. The third-order valence-electron chi connectivity index (χ3n) is 6.53. The molecule has 3 aliphatic rings. The highest BCUT2D eigenvalue weighted by Gasteiger charge is 2.46. The first kappa shape index (κ1) is 18.6. The Kier molecular flexibility index (Phi) is 4.80. The fraction of sp³-hybridized carbons (Fsp3) is 0.375. The van der Waals surface area contributed by atoms with E-state index in [0.29, 0.717) is 12.5 Å². The predicted octanol–water partition coefficient (Wildman–Crippen LogP) is 4.46. The molecule has 5 rings (SSSR count). The summed E-state index contributed by atoms with van der Waals surface area (Å²) in [4.78, 5) is 17.1. The number of fused-ring (bicyclic) bond motifs is 2. The third-order valence-corrected chi connectivity index (χ3v) is 7.66. The van der Waals surface area contributed by atoms with Crippen LogP contribution >= 0.6 is 11.3 Å². The quantitative estimate of drug-likeness (QED) is 0.819. The molecular weight excluding hydrogens is 380 g/mol. The van der Waals surface area contributed by atoms with Crippen molar-refractivity contribution in [3.63, 3.8) is 0 Å². The molecule has 1 atom stereocenters. The summed E-state index contributed by atoms with van der Waals surface area (Å²) < 4.78 is 6.03. The maximum atomic E-state index is 13.1. The molecule has 2 aliphatic heterocycles. The Labute approximate surface area is 175 Å². The molecule has 29 heavy (non-hydrogen) atoms. The van der Waals surface area contributed by atoms with E-state index >= 15 is 0 Å². The number of rotatable bonds is 3. The molecule has 4 nitrogen and oxygen atoms in total. The SMILES string of the molecule is NCC1C=C2C(=CC1)OCC21CCN(C(=O)c2ccc(-c3ccccc3)s2)CC1. The van der Waals surface area contributed by atoms with Gasteiger partial charge in [0.15, 0.2) is 0 Å². The van der Waals surface area contributed by atoms with Crippen molar-refractivity contribution in [3.05, 3.63) is 70.8 Å². The standard InChI is InChI=1S/C24H26N2O2S/c25-15-17-6-7-20-19(14-17)24(16-28-20)10-12-26(13-11-24)23(27)22-9-8-21(29-22)18-4-2-1-3-5-18/h1-5,7-9,14,17H,6,10-13,15-16,25H2. The van der Waals surface area contributed by atoms with Crippen LogP contribution in [0.4, 0.5) is 0 Å². The molecule has 1 aromatic carbocycles. The van der Waals surface area contributed by atoms with Crippen molar-refractivity contribution in [1.29, 1.82) is 0 Å². The highest BCUT2D eigenvalue weighted by Crippen LogP contribution is 2.50. The number of hydrogen-bond donors (Lipinski definition) is 1. The van der Waals surface area contributed by atoms with Gasteiger partial charge in [0, 0.05) is 23.4 Å². The number of carbonyl (C=O) groups is 1. The zero-order valence-corrected chi connectivity index (χ0v) is 17.3. The minimum atomic E-state index is 0.0566. The first-order chi connectivity index (χ1) is 14.2. The Morgan fingerprint density at radius 1 is 1.17 bits per heavy atom. The smallest absolute Gasteiger partial charge is 0.263 e. The molecule has 2 fully saturated rings. The Bertz CT molecular complexity index is 968. The fourth-order valence-electron chi connectivity index (χ4n) is 4.70. The number of hydrogen-bond acceptors (Lipinski definition) is 4. The van der Waals surface area contributed by atoms with Crippen molar-refractivity contribution in [3.8, 4) is 10.4 Å². The van der Waals surface area contributed by atoms with Crippen LogP contribution in [0.15, 0.2) is 65.9 Å². The van der Waals surface area contributed by atoms with E-state index < -0.39 is 0 Å². The molecule has 5 heteroatoms. The summed E-state index contributed by atoms with van der Waals surface area (Å²) in [6.07, 6.45) is 7.42. The highest BCUT2D eigenvalue weighted by molar-refractivity contribution is 7.17. The lowest BCUT2D eigenvalue weighted by molar-refractivity contribution is 0.0589. The van der Waals surface area contributed by atoms with E-state index in [9.17, 15) is 4.79 Å². The molecular formula is C24H26N2O2S. The zero-order valence-electron chi connectivity index (χ0n) is 16.5. The van der Waals surface area contributed by atoms with E-state index in [1.54, 1.807) is 11.3 Å². The van der Waals surface area contributed by atoms with Crippen LogP contribution in [0.3, 0.4) is 0 Å². The van der Waals surface area contributed by atoms with Gasteiger partial charge >= 0.3 is 0 Å². The topological polar surface area (TPSA) is 55.6 Å². The number of carbonyl (C=O) groups excluding carboxylic acids is 1. The summed E-state index contributed by atoms with van der Waals surface area (Å²) in [6, 6.07) is 14.3. The van der Waals surface area contributed by atoms with E-state index in [1.165, 1.54) is 5.57 Å². The highest BCUT2D eigenvalue weighted by atomic mass is 32.1. The van der Waals surface area contributed by atoms with Gasteiger partial charge in [-0.2, -0.15) is 0 Å². The average Bonchev–Trinajstić information content (AvgIpc) is 3.40. The summed E-state index contributed by atoms with van der Waals surface area (Å²) in [7, 11) is 0. The van der Waals surface area contributed by atoms with Crippen LogP contribution in [0.1, 0.15) is 28.9 Å². The first-order valence-electron chi connectivity index (χ1n) is 10.4. The molecule has 3 heterocycles. The van der Waals surface area contributed by atoms with Crippen molar-refractivity contribution in [2.24, 2.45) is 17.1 Å². The van der Waals surface area contributed by atoms with E-state index in [0.717, 1.165) is 60.0 Å². The Morgan fingerprint density at radius 3 is 2.72 bits per heavy atom. The number of nitrogens with two attached hydrogens (primary N) is 1. The molecule has 2 saturated heterocycles. The average molecular weight is 407 g/mol. The fourth-order valence-corrected chi connectivity index (χ4v) is 5.68. The summed E-state index contributed by atoms with van der Waals surface area (Å²) in [5.41, 5.74) is 8.47. The minimum absolute atomic E-state index is 0.0566. The predicted molar refractivity (Wildman–Crippen MR) is 117 cm³/mol. The van der Waals surface area contributed by atoms with Crippen LogP contribution < -0.4 is 5.73 Å². The van der Waals surface area contributed by atoms with Crippen LogP contribution in [0.5, 0.6) is 0 Å². The first-order valence-corrected chi connectivity index (χ1v) is 11.2. The van der Waals surface area contributed by atoms with E-state index in [4.69, 9.17) is 10.5 Å². The summed E-state index contributed by atoms with van der Waals surface area (Å²) in [5.74, 6) is 1.62. The van der Waals surface area contributed by atoms with Gasteiger partial charge in [0.1, 0.15) is 5.76 Å². The zero-order chi connectivity index (χ0) is 19.8.